The predicted molar refractivity (Wildman–Crippen MR) is 111 cm³/mol. The number of carbonyl (C=O) groups is 2. The van der Waals surface area contributed by atoms with Crippen LogP contribution in [0.25, 0.3) is 0 Å². The molecule has 0 N–H and O–H groups in total. The van der Waals surface area contributed by atoms with Crippen LogP contribution in [0.4, 0.5) is 4.79 Å². The summed E-state index contributed by atoms with van der Waals surface area (Å²) in [5, 5.41) is 0. The van der Waals surface area contributed by atoms with Gasteiger partial charge in [0, 0.05) is 38.3 Å². The van der Waals surface area contributed by atoms with Crippen LogP contribution in [0.2, 0.25) is 0 Å². The second kappa shape index (κ2) is 9.03. The van der Waals surface area contributed by atoms with Gasteiger partial charge in [-0.15, -0.1) is 0 Å². The van der Waals surface area contributed by atoms with E-state index in [9.17, 15) is 9.59 Å². The zero-order valence-corrected chi connectivity index (χ0v) is 18.7. The van der Waals surface area contributed by atoms with Gasteiger partial charge in [0.25, 0.3) is 0 Å². The minimum Gasteiger partial charge on any atom is -0.476 e. The largest absolute Gasteiger partial charge is 0.476 e. The van der Waals surface area contributed by atoms with Gasteiger partial charge in [-0.1, -0.05) is 18.2 Å². The number of nitrogens with zero attached hydrogens (tertiary/aromatic N) is 2. The molecule has 1 aromatic rings. The standard InChI is InChI=1S/C22H34N2O5/c1-16-9-8-10-17(18(16)28-22(5,6)19(25)27-7)15-23-11-13-24(14-12-23)20(26)29-21(2,3)4/h8-10H,11-15H2,1-7H3. The summed E-state index contributed by atoms with van der Waals surface area (Å²) < 4.78 is 16.4. The molecule has 0 atom stereocenters. The van der Waals surface area contributed by atoms with Crippen LogP contribution in [0, 0.1) is 6.92 Å². The van der Waals surface area contributed by atoms with E-state index < -0.39 is 17.2 Å². The molecule has 0 bridgehead atoms. The quantitative estimate of drug-likeness (QED) is 0.699. The third-order valence-corrected chi connectivity index (χ3v) is 4.75. The van der Waals surface area contributed by atoms with E-state index in [1.165, 1.54) is 7.11 Å². The Morgan fingerprint density at radius 3 is 2.21 bits per heavy atom. The Labute approximate surface area is 173 Å². The molecular weight excluding hydrogens is 372 g/mol. The average molecular weight is 407 g/mol. The van der Waals surface area contributed by atoms with Crippen molar-refractivity contribution in [2.24, 2.45) is 0 Å². The summed E-state index contributed by atoms with van der Waals surface area (Å²) >= 11 is 0. The number of carbonyl (C=O) groups excluding carboxylic acids is 2. The molecule has 1 aliphatic heterocycles. The minimum atomic E-state index is -1.08. The smallest absolute Gasteiger partial charge is 0.410 e. The van der Waals surface area contributed by atoms with Crippen molar-refractivity contribution < 1.29 is 23.8 Å². The molecule has 29 heavy (non-hydrogen) atoms. The third-order valence-electron chi connectivity index (χ3n) is 4.75. The number of esters is 1. The molecule has 0 radical (unpaired) electrons. The number of rotatable bonds is 5. The van der Waals surface area contributed by atoms with E-state index in [0.717, 1.165) is 24.2 Å². The summed E-state index contributed by atoms with van der Waals surface area (Å²) in [5.41, 5.74) is 0.402. The summed E-state index contributed by atoms with van der Waals surface area (Å²) in [7, 11) is 1.36. The Hall–Kier alpha value is -2.28. The number of benzene rings is 1. The molecule has 0 aliphatic carbocycles. The Morgan fingerprint density at radius 1 is 1.03 bits per heavy atom. The topological polar surface area (TPSA) is 68.3 Å². The molecule has 1 amide bonds. The van der Waals surface area contributed by atoms with Crippen molar-refractivity contribution in [1.29, 1.82) is 0 Å². The highest BCUT2D eigenvalue weighted by molar-refractivity contribution is 5.79. The highest BCUT2D eigenvalue weighted by atomic mass is 16.6. The number of amides is 1. The highest BCUT2D eigenvalue weighted by Gasteiger charge is 2.33. The van der Waals surface area contributed by atoms with E-state index in [4.69, 9.17) is 14.2 Å². The molecule has 2 rings (SSSR count). The second-order valence-corrected chi connectivity index (χ2v) is 8.91. The predicted octanol–water partition coefficient (Wildman–Crippen LogP) is 3.38. The Morgan fingerprint density at radius 2 is 1.66 bits per heavy atom. The molecular formula is C22H34N2O5. The first-order chi connectivity index (χ1) is 13.4. The molecule has 162 valence electrons. The van der Waals surface area contributed by atoms with Gasteiger partial charge in [0.1, 0.15) is 11.4 Å². The summed E-state index contributed by atoms with van der Waals surface area (Å²) in [4.78, 5) is 28.3. The van der Waals surface area contributed by atoms with Crippen LogP contribution < -0.4 is 4.74 Å². The fraction of sp³-hybridized carbons (Fsp3) is 0.636. The molecule has 7 nitrogen and oxygen atoms in total. The van der Waals surface area contributed by atoms with Gasteiger partial charge in [-0.3, -0.25) is 4.90 Å². The van der Waals surface area contributed by atoms with Crippen molar-refractivity contribution in [3.63, 3.8) is 0 Å². The fourth-order valence-corrected chi connectivity index (χ4v) is 3.18. The molecule has 1 aliphatic rings. The zero-order valence-electron chi connectivity index (χ0n) is 18.7. The van der Waals surface area contributed by atoms with Gasteiger partial charge >= 0.3 is 12.1 Å². The van der Waals surface area contributed by atoms with Crippen LogP contribution in [-0.2, 0) is 20.8 Å². The van der Waals surface area contributed by atoms with Crippen molar-refractivity contribution in [3.05, 3.63) is 29.3 Å². The molecule has 0 unspecified atom stereocenters. The van der Waals surface area contributed by atoms with Crippen LogP contribution in [-0.4, -0.2) is 66.4 Å². The van der Waals surface area contributed by atoms with E-state index in [0.29, 0.717) is 25.4 Å². The van der Waals surface area contributed by atoms with Crippen LogP contribution in [0.15, 0.2) is 18.2 Å². The second-order valence-electron chi connectivity index (χ2n) is 8.91. The zero-order chi connectivity index (χ0) is 21.8. The van der Waals surface area contributed by atoms with Crippen molar-refractivity contribution >= 4 is 12.1 Å². The van der Waals surface area contributed by atoms with Crippen LogP contribution >= 0.6 is 0 Å². The lowest BCUT2D eigenvalue weighted by Crippen LogP contribution is -2.49. The molecule has 1 fully saturated rings. The number of aryl methyl sites for hydroxylation is 1. The summed E-state index contributed by atoms with van der Waals surface area (Å²) in [6.07, 6.45) is -0.267. The maximum absolute atomic E-state index is 12.2. The Balaban J connectivity index is 2.04. The molecule has 0 spiro atoms. The van der Waals surface area contributed by atoms with E-state index >= 15 is 0 Å². The Kier molecular flexibility index (Phi) is 7.16. The van der Waals surface area contributed by atoms with Gasteiger partial charge in [-0.2, -0.15) is 0 Å². The third kappa shape index (κ3) is 6.35. The first-order valence-electron chi connectivity index (χ1n) is 9.99. The number of ether oxygens (including phenoxy) is 3. The SMILES string of the molecule is COC(=O)C(C)(C)Oc1c(C)cccc1CN1CCN(C(=O)OC(C)(C)C)CC1. The van der Waals surface area contributed by atoms with Crippen LogP contribution in [0.3, 0.4) is 0 Å². The monoisotopic (exact) mass is 406 g/mol. The molecule has 7 heteroatoms. The van der Waals surface area contributed by atoms with Gasteiger partial charge in [-0.05, 0) is 47.1 Å². The summed E-state index contributed by atoms with van der Waals surface area (Å²) in [6.45, 7) is 14.4. The van der Waals surface area contributed by atoms with Gasteiger partial charge in [0.15, 0.2) is 5.60 Å². The molecule has 0 aromatic heterocycles. The van der Waals surface area contributed by atoms with Crippen molar-refractivity contribution in [3.8, 4) is 5.75 Å². The molecule has 1 heterocycles. The van der Waals surface area contributed by atoms with Crippen LogP contribution in [0.1, 0.15) is 45.7 Å². The minimum absolute atomic E-state index is 0.267. The van der Waals surface area contributed by atoms with E-state index in [1.54, 1.807) is 18.7 Å². The highest BCUT2D eigenvalue weighted by Crippen LogP contribution is 2.29. The van der Waals surface area contributed by atoms with Crippen molar-refractivity contribution in [1.82, 2.24) is 9.80 Å². The fourth-order valence-electron chi connectivity index (χ4n) is 3.18. The number of hydrogen-bond donors (Lipinski definition) is 0. The average Bonchev–Trinajstić information content (AvgIpc) is 2.63. The molecule has 1 saturated heterocycles. The van der Waals surface area contributed by atoms with Gasteiger partial charge in [-0.25, -0.2) is 9.59 Å². The van der Waals surface area contributed by atoms with Gasteiger partial charge in [0.2, 0.25) is 0 Å². The van der Waals surface area contributed by atoms with Crippen molar-refractivity contribution in [2.75, 3.05) is 33.3 Å². The van der Waals surface area contributed by atoms with E-state index in [-0.39, 0.29) is 6.09 Å². The van der Waals surface area contributed by atoms with Gasteiger partial charge < -0.3 is 19.1 Å². The van der Waals surface area contributed by atoms with Crippen LogP contribution in [0.5, 0.6) is 5.75 Å². The van der Waals surface area contributed by atoms with E-state index in [1.807, 2.05) is 45.9 Å². The number of methoxy groups -OCH3 is 1. The maximum atomic E-state index is 12.2. The molecule has 1 aromatic carbocycles. The maximum Gasteiger partial charge on any atom is 0.410 e. The lowest BCUT2D eigenvalue weighted by molar-refractivity contribution is -0.156. The molecule has 0 saturated carbocycles. The summed E-state index contributed by atoms with van der Waals surface area (Å²) in [6, 6.07) is 5.96. The normalized spacial score (nSPS) is 15.8. The number of para-hydroxylation sites is 1. The first-order valence-corrected chi connectivity index (χ1v) is 9.99. The first kappa shape index (κ1) is 23.0. The van der Waals surface area contributed by atoms with Gasteiger partial charge in [0.05, 0.1) is 7.11 Å². The lowest BCUT2D eigenvalue weighted by atomic mass is 10.1. The lowest BCUT2D eigenvalue weighted by Gasteiger charge is -2.36. The summed E-state index contributed by atoms with van der Waals surface area (Å²) in [5.74, 6) is 0.287. The van der Waals surface area contributed by atoms with E-state index in [2.05, 4.69) is 4.90 Å². The Bertz CT molecular complexity index is 731. The number of hydrogen-bond acceptors (Lipinski definition) is 6. The number of piperazine rings is 1. The van der Waals surface area contributed by atoms with Crippen molar-refractivity contribution in [2.45, 2.75) is 59.3 Å².